The summed E-state index contributed by atoms with van der Waals surface area (Å²) in [5.74, 6) is -43.9. The van der Waals surface area contributed by atoms with Crippen LogP contribution in [0.2, 0.25) is 0 Å². The molecule has 0 aliphatic rings. The molecule has 0 saturated carbocycles. The van der Waals surface area contributed by atoms with Gasteiger partial charge in [0.2, 0.25) is 0 Å². The van der Waals surface area contributed by atoms with Crippen LogP contribution < -0.4 is 34.8 Å². The van der Waals surface area contributed by atoms with Crippen LogP contribution in [-0.4, -0.2) is 78.3 Å². The number of hydrogen-bond acceptors (Lipinski definition) is 8. The largest absolute Gasteiger partial charge is 1.00 e. The fraction of sp³-hybridized carbons (Fsp3) is 0.889. The van der Waals surface area contributed by atoms with Crippen LogP contribution in [0.3, 0.4) is 0 Å². The molecule has 0 aromatic heterocycles. The van der Waals surface area contributed by atoms with Crippen LogP contribution in [0.5, 0.6) is 0 Å². The minimum atomic E-state index is -7.19. The van der Waals surface area contributed by atoms with E-state index in [2.05, 4.69) is 18.8 Å². The third kappa shape index (κ3) is 11.0. The topological polar surface area (TPSA) is 94.1 Å². The summed E-state index contributed by atoms with van der Waals surface area (Å²) in [4.78, 5) is 23.6. The summed E-state index contributed by atoms with van der Waals surface area (Å²) in [7, 11) is 0. The van der Waals surface area contributed by atoms with Gasteiger partial charge in [0.15, 0.2) is 0 Å². The summed E-state index contributed by atoms with van der Waals surface area (Å²) in [5, 5.41) is 10.6. The first-order valence-electron chi connectivity index (χ1n) is 10.8. The van der Waals surface area contributed by atoms with Crippen molar-refractivity contribution in [2.75, 3.05) is 13.2 Å². The number of halogens is 18. The molecule has 1 atom stereocenters. The van der Waals surface area contributed by atoms with E-state index in [4.69, 9.17) is 0 Å². The summed E-state index contributed by atoms with van der Waals surface area (Å²) in [6, 6.07) is 0. The molecule has 0 rings (SSSR count). The summed E-state index contributed by atoms with van der Waals surface area (Å²) in [5.41, 5.74) is 0. The first-order chi connectivity index (χ1) is 19.4. The first-order valence-corrected chi connectivity index (χ1v) is 11.6. The van der Waals surface area contributed by atoms with Crippen LogP contribution in [0.15, 0.2) is 0 Å². The minimum Gasteiger partial charge on any atom is -0.691 e. The van der Waals surface area contributed by atoms with E-state index in [1.165, 1.54) is 0 Å². The second-order valence-corrected chi connectivity index (χ2v) is 9.12. The van der Waals surface area contributed by atoms with Gasteiger partial charge in [0.05, 0.1) is 19.6 Å². The van der Waals surface area contributed by atoms with Gasteiger partial charge in [0.1, 0.15) is 5.25 Å². The zero-order valence-electron chi connectivity index (χ0n) is 21.6. The second kappa shape index (κ2) is 16.3. The number of rotatable bonds is 18. The Hall–Kier alpha value is -1.09. The number of hydrogen-bond donors (Lipinski definition) is 0. The van der Waals surface area contributed by atoms with E-state index in [0.717, 1.165) is 0 Å². The van der Waals surface area contributed by atoms with Crippen LogP contribution >= 0.6 is 12.0 Å². The Bertz CT molecular complexity index is 961. The van der Waals surface area contributed by atoms with Crippen molar-refractivity contribution < 1.29 is 142 Å². The first kappa shape index (κ1) is 46.0. The molecule has 45 heavy (non-hydrogen) atoms. The Kier molecular flexibility index (Phi) is 16.7. The normalized spacial score (nSPS) is 14.9. The molecule has 27 heteroatoms. The fourth-order valence-electron chi connectivity index (χ4n) is 2.60. The molecule has 262 valence electrons. The Labute approximate surface area is 264 Å². The molecule has 0 amide bonds. The number of esters is 2. The minimum absolute atomic E-state index is 0. The van der Waals surface area contributed by atoms with Gasteiger partial charge >= 0.3 is 89.4 Å². The predicted octanol–water partition coefficient (Wildman–Crippen LogP) is 3.20. The van der Waals surface area contributed by atoms with Crippen molar-refractivity contribution in [3.05, 3.63) is 0 Å². The van der Waals surface area contributed by atoms with Crippen molar-refractivity contribution in [3.63, 3.8) is 0 Å². The van der Waals surface area contributed by atoms with Gasteiger partial charge in [-0.2, -0.15) is 83.4 Å². The maximum atomic E-state index is 13.5. The molecule has 0 aliphatic carbocycles. The summed E-state index contributed by atoms with van der Waals surface area (Å²) >= 11 is -0.428. The van der Waals surface area contributed by atoms with Gasteiger partial charge < -0.3 is 14.7 Å². The molecule has 0 fully saturated rings. The SMILES string of the molecule is O=C(CC(SOO[O-])C(=O)OCCCC(F)(F)C(F)(F)C(F)(F)C(F)(F)F)OCCCC(F)(F)C(F)(F)C(F)(F)C(F)(F)F.[Na+]. The quantitative estimate of drug-likeness (QED) is 0.0403. The van der Waals surface area contributed by atoms with E-state index in [0.29, 0.717) is 0 Å². The monoisotopic (exact) mass is 740 g/mol. The van der Waals surface area contributed by atoms with Crippen LogP contribution in [0.1, 0.15) is 32.1 Å². The predicted molar refractivity (Wildman–Crippen MR) is 100 cm³/mol. The van der Waals surface area contributed by atoms with Crippen molar-refractivity contribution in [2.45, 2.75) is 85.2 Å². The number of carbonyl (C=O) groups is 2. The Balaban J connectivity index is 0. The molecule has 1 unspecified atom stereocenters. The average Bonchev–Trinajstić information content (AvgIpc) is 2.85. The Morgan fingerprint density at radius 2 is 0.956 bits per heavy atom. The molecular formula is C18H15F18NaO7S. The number of alkyl halides is 18. The second-order valence-electron chi connectivity index (χ2n) is 8.22. The summed E-state index contributed by atoms with van der Waals surface area (Å²) in [6.45, 7) is -2.82. The van der Waals surface area contributed by atoms with E-state index in [9.17, 15) is 93.9 Å². The zero-order chi connectivity index (χ0) is 35.2. The molecule has 0 heterocycles. The van der Waals surface area contributed by atoms with Gasteiger partial charge in [0, 0.05) is 24.9 Å². The van der Waals surface area contributed by atoms with E-state index in [1.807, 2.05) is 0 Å². The maximum absolute atomic E-state index is 13.5. The van der Waals surface area contributed by atoms with Crippen molar-refractivity contribution in [1.82, 2.24) is 0 Å². The Morgan fingerprint density at radius 1 is 0.600 bits per heavy atom. The third-order valence-electron chi connectivity index (χ3n) is 5.00. The van der Waals surface area contributed by atoms with E-state index < -0.39 is 122 Å². The molecule has 0 aliphatic heterocycles. The van der Waals surface area contributed by atoms with E-state index in [-0.39, 0.29) is 29.6 Å². The van der Waals surface area contributed by atoms with Gasteiger partial charge in [-0.3, -0.25) is 14.6 Å². The molecular weight excluding hydrogens is 725 g/mol. The molecule has 0 spiro atoms. The van der Waals surface area contributed by atoms with Crippen LogP contribution in [0.4, 0.5) is 79.0 Å². The molecule has 0 aromatic carbocycles. The third-order valence-corrected chi connectivity index (χ3v) is 5.72. The van der Waals surface area contributed by atoms with E-state index in [1.54, 1.807) is 0 Å². The summed E-state index contributed by atoms with van der Waals surface area (Å²) < 4.78 is 242. The zero-order valence-corrected chi connectivity index (χ0v) is 24.4. The number of carbonyl (C=O) groups excluding carboxylic acids is 2. The molecule has 0 bridgehead atoms. The average molecular weight is 740 g/mol. The van der Waals surface area contributed by atoms with Crippen molar-refractivity contribution >= 4 is 24.0 Å². The van der Waals surface area contributed by atoms with Crippen molar-refractivity contribution in [3.8, 4) is 0 Å². The van der Waals surface area contributed by atoms with Gasteiger partial charge in [-0.05, 0) is 12.8 Å². The van der Waals surface area contributed by atoms with Crippen LogP contribution in [-0.2, 0) is 28.4 Å². The van der Waals surface area contributed by atoms with E-state index >= 15 is 0 Å². The standard InChI is InChI=1S/C18H16F18O7S.Na/c19-11(20,13(23,24)15(27,28)17(31,32)33)3-1-5-40-9(37)7-8(44-43-42-39)10(38)41-6-2-4-12(21,22)14(25,26)16(29,30)18(34,35)36;/h8,39H,1-7H2;/q;+1/p-1. The van der Waals surface area contributed by atoms with Gasteiger partial charge in [0.25, 0.3) is 0 Å². The van der Waals surface area contributed by atoms with Gasteiger partial charge in [-0.25, -0.2) is 0 Å². The molecule has 0 radical (unpaired) electrons. The molecule has 0 N–H and O–H groups in total. The van der Waals surface area contributed by atoms with Gasteiger partial charge in [-0.1, -0.05) is 0 Å². The van der Waals surface area contributed by atoms with Gasteiger partial charge in [-0.15, -0.1) is 0 Å². The molecule has 7 nitrogen and oxygen atoms in total. The van der Waals surface area contributed by atoms with Crippen molar-refractivity contribution in [1.29, 1.82) is 0 Å². The molecule has 0 aromatic rings. The fourth-order valence-corrected chi connectivity index (χ4v) is 3.08. The van der Waals surface area contributed by atoms with Crippen LogP contribution in [0, 0.1) is 0 Å². The number of ether oxygens (including phenoxy) is 2. The maximum Gasteiger partial charge on any atom is 1.00 e. The van der Waals surface area contributed by atoms with Crippen molar-refractivity contribution in [2.24, 2.45) is 0 Å². The van der Waals surface area contributed by atoms with Crippen LogP contribution in [0.25, 0.3) is 0 Å². The molecule has 0 saturated heterocycles. The Morgan fingerprint density at radius 3 is 1.29 bits per heavy atom. The summed E-state index contributed by atoms with van der Waals surface area (Å²) in [6.07, 6.45) is -23.4. The smallest absolute Gasteiger partial charge is 0.691 e.